The monoisotopic (exact) mass is 256 g/mol. The highest BCUT2D eigenvalue weighted by atomic mass is 79.9. The Morgan fingerprint density at radius 3 is 2.93 bits per heavy atom. The molecule has 3 N–H and O–H groups in total. The molecule has 0 heterocycles. The van der Waals surface area contributed by atoms with Crippen molar-refractivity contribution in [2.75, 3.05) is 6.54 Å². The third-order valence-corrected chi connectivity index (χ3v) is 2.40. The Morgan fingerprint density at radius 1 is 1.64 bits per heavy atom. The summed E-state index contributed by atoms with van der Waals surface area (Å²) in [7, 11) is 0. The number of benzene rings is 1. The van der Waals surface area contributed by atoms with Crippen molar-refractivity contribution in [1.82, 2.24) is 5.32 Å². The maximum absolute atomic E-state index is 11.0. The van der Waals surface area contributed by atoms with Crippen LogP contribution in [0.4, 0.5) is 0 Å². The first-order chi connectivity index (χ1) is 6.63. The van der Waals surface area contributed by atoms with Gasteiger partial charge in [0.05, 0.1) is 12.6 Å². The minimum Gasteiger partial charge on any atom is -0.348 e. The summed E-state index contributed by atoms with van der Waals surface area (Å²) in [6.07, 6.45) is 0. The van der Waals surface area contributed by atoms with Crippen molar-refractivity contribution >= 4 is 21.8 Å². The normalized spacial score (nSPS) is 12.2. The molecule has 0 aliphatic carbocycles. The van der Waals surface area contributed by atoms with Crippen LogP contribution in [0.3, 0.4) is 0 Å². The molecule has 1 rings (SSSR count). The molecular formula is C10H13BrN2O. The molecule has 3 nitrogen and oxygen atoms in total. The Labute approximate surface area is 91.8 Å². The van der Waals surface area contributed by atoms with Gasteiger partial charge in [-0.25, -0.2) is 0 Å². The summed E-state index contributed by atoms with van der Waals surface area (Å²) in [6.45, 7) is 1.95. The highest BCUT2D eigenvalue weighted by Crippen LogP contribution is 2.17. The molecule has 1 atom stereocenters. The predicted octanol–water partition coefficient (Wildman–Crippen LogP) is 1.58. The fourth-order valence-corrected chi connectivity index (χ4v) is 1.58. The number of carbonyl (C=O) groups is 1. The second-order valence-corrected chi connectivity index (χ2v) is 3.96. The van der Waals surface area contributed by atoms with E-state index in [1.54, 1.807) is 0 Å². The molecule has 1 aromatic carbocycles. The number of hydrogen-bond acceptors (Lipinski definition) is 2. The Bertz CT molecular complexity index is 328. The van der Waals surface area contributed by atoms with Crippen LogP contribution in [0.15, 0.2) is 28.7 Å². The molecule has 14 heavy (non-hydrogen) atoms. The van der Waals surface area contributed by atoms with Crippen LogP contribution in [0.5, 0.6) is 0 Å². The highest BCUT2D eigenvalue weighted by molar-refractivity contribution is 9.10. The molecule has 0 saturated carbocycles. The van der Waals surface area contributed by atoms with Gasteiger partial charge in [-0.3, -0.25) is 4.79 Å². The average molecular weight is 257 g/mol. The molecule has 0 aromatic heterocycles. The molecule has 4 heteroatoms. The summed E-state index contributed by atoms with van der Waals surface area (Å²) < 4.78 is 1.00. The van der Waals surface area contributed by atoms with Gasteiger partial charge in [0.15, 0.2) is 0 Å². The maximum Gasteiger partial charge on any atom is 0.234 e. The molecule has 76 valence electrons. The largest absolute Gasteiger partial charge is 0.348 e. The number of nitrogens with one attached hydrogen (secondary N) is 1. The van der Waals surface area contributed by atoms with E-state index in [1.807, 2.05) is 31.2 Å². The van der Waals surface area contributed by atoms with Gasteiger partial charge in [-0.1, -0.05) is 28.1 Å². The van der Waals surface area contributed by atoms with Crippen molar-refractivity contribution < 1.29 is 4.79 Å². The van der Waals surface area contributed by atoms with E-state index >= 15 is 0 Å². The zero-order valence-electron chi connectivity index (χ0n) is 7.96. The Morgan fingerprint density at radius 2 is 2.36 bits per heavy atom. The lowest BCUT2D eigenvalue weighted by atomic mass is 10.1. The molecule has 0 aliphatic heterocycles. The van der Waals surface area contributed by atoms with Gasteiger partial charge in [0, 0.05) is 4.47 Å². The van der Waals surface area contributed by atoms with Gasteiger partial charge < -0.3 is 11.1 Å². The molecule has 0 aliphatic rings. The van der Waals surface area contributed by atoms with Gasteiger partial charge in [0.25, 0.3) is 0 Å². The van der Waals surface area contributed by atoms with Crippen LogP contribution in [0.25, 0.3) is 0 Å². The molecule has 1 aromatic rings. The van der Waals surface area contributed by atoms with Crippen molar-refractivity contribution in [2.24, 2.45) is 5.73 Å². The van der Waals surface area contributed by atoms with Crippen LogP contribution in [-0.2, 0) is 4.79 Å². The van der Waals surface area contributed by atoms with Crippen LogP contribution < -0.4 is 11.1 Å². The van der Waals surface area contributed by atoms with Crippen molar-refractivity contribution in [2.45, 2.75) is 13.0 Å². The second-order valence-electron chi connectivity index (χ2n) is 3.05. The summed E-state index contributed by atoms with van der Waals surface area (Å²) >= 11 is 3.38. The number of amides is 1. The number of carbonyl (C=O) groups excluding carboxylic acids is 1. The van der Waals surface area contributed by atoms with E-state index in [4.69, 9.17) is 5.73 Å². The zero-order chi connectivity index (χ0) is 10.6. The minimum absolute atomic E-state index is 0.0106. The van der Waals surface area contributed by atoms with E-state index in [2.05, 4.69) is 21.2 Å². The van der Waals surface area contributed by atoms with Gasteiger partial charge in [0.1, 0.15) is 0 Å². The summed E-state index contributed by atoms with van der Waals surface area (Å²) in [5.74, 6) is -0.141. The predicted molar refractivity (Wildman–Crippen MR) is 59.8 cm³/mol. The van der Waals surface area contributed by atoms with Crippen molar-refractivity contribution in [1.29, 1.82) is 0 Å². The Balaban J connectivity index is 2.69. The molecule has 0 radical (unpaired) electrons. The Hall–Kier alpha value is -0.870. The lowest BCUT2D eigenvalue weighted by Gasteiger charge is -2.13. The second kappa shape index (κ2) is 5.12. The SMILES string of the molecule is C[C@@H](NC(=O)CN)c1cccc(Br)c1. The number of hydrogen-bond donors (Lipinski definition) is 2. The molecule has 0 saturated heterocycles. The maximum atomic E-state index is 11.0. The summed E-state index contributed by atoms with van der Waals surface area (Å²) in [4.78, 5) is 11.0. The lowest BCUT2D eigenvalue weighted by molar-refractivity contribution is -0.120. The summed E-state index contributed by atoms with van der Waals surface area (Å²) in [5, 5.41) is 2.79. The van der Waals surface area contributed by atoms with E-state index in [9.17, 15) is 4.79 Å². The summed E-state index contributed by atoms with van der Waals surface area (Å²) in [6, 6.07) is 7.81. The van der Waals surface area contributed by atoms with Gasteiger partial charge in [0.2, 0.25) is 5.91 Å². The topological polar surface area (TPSA) is 55.1 Å². The number of halogens is 1. The van der Waals surface area contributed by atoms with Crippen LogP contribution in [-0.4, -0.2) is 12.5 Å². The van der Waals surface area contributed by atoms with E-state index in [0.717, 1.165) is 10.0 Å². The third kappa shape index (κ3) is 3.12. The zero-order valence-corrected chi connectivity index (χ0v) is 9.54. The number of nitrogens with two attached hydrogens (primary N) is 1. The Kier molecular flexibility index (Phi) is 4.10. The molecule has 0 bridgehead atoms. The van der Waals surface area contributed by atoms with Crippen LogP contribution in [0.1, 0.15) is 18.5 Å². The van der Waals surface area contributed by atoms with Crippen molar-refractivity contribution in [3.8, 4) is 0 Å². The first kappa shape index (κ1) is 11.2. The van der Waals surface area contributed by atoms with E-state index < -0.39 is 0 Å². The first-order valence-corrected chi connectivity index (χ1v) is 5.17. The lowest BCUT2D eigenvalue weighted by Crippen LogP contribution is -2.32. The highest BCUT2D eigenvalue weighted by Gasteiger charge is 2.07. The molecular weight excluding hydrogens is 244 g/mol. The van der Waals surface area contributed by atoms with Crippen LogP contribution >= 0.6 is 15.9 Å². The van der Waals surface area contributed by atoms with Crippen LogP contribution in [0, 0.1) is 0 Å². The van der Waals surface area contributed by atoms with Gasteiger partial charge in [-0.05, 0) is 24.6 Å². The van der Waals surface area contributed by atoms with Crippen LogP contribution in [0.2, 0.25) is 0 Å². The summed E-state index contributed by atoms with van der Waals surface area (Å²) in [5.41, 5.74) is 6.26. The van der Waals surface area contributed by atoms with E-state index in [1.165, 1.54) is 0 Å². The van der Waals surface area contributed by atoms with Crippen molar-refractivity contribution in [3.05, 3.63) is 34.3 Å². The fraction of sp³-hybridized carbons (Fsp3) is 0.300. The van der Waals surface area contributed by atoms with E-state index in [0.29, 0.717) is 0 Å². The van der Waals surface area contributed by atoms with Gasteiger partial charge >= 0.3 is 0 Å². The van der Waals surface area contributed by atoms with Gasteiger partial charge in [-0.15, -0.1) is 0 Å². The van der Waals surface area contributed by atoms with E-state index in [-0.39, 0.29) is 18.5 Å². The fourth-order valence-electron chi connectivity index (χ4n) is 1.16. The average Bonchev–Trinajstić information content (AvgIpc) is 2.17. The molecule has 1 amide bonds. The molecule has 0 spiro atoms. The number of rotatable bonds is 3. The van der Waals surface area contributed by atoms with Crippen molar-refractivity contribution in [3.63, 3.8) is 0 Å². The third-order valence-electron chi connectivity index (χ3n) is 1.91. The molecule has 0 unspecified atom stereocenters. The smallest absolute Gasteiger partial charge is 0.234 e. The quantitative estimate of drug-likeness (QED) is 0.863. The standard InChI is InChI=1S/C10H13BrN2O/c1-7(13-10(14)6-12)8-3-2-4-9(11)5-8/h2-5,7H,6,12H2,1H3,(H,13,14)/t7-/m1/s1. The first-order valence-electron chi connectivity index (χ1n) is 4.38. The molecule has 0 fully saturated rings. The van der Waals surface area contributed by atoms with Gasteiger partial charge in [-0.2, -0.15) is 0 Å². The minimum atomic E-state index is -0.141.